The predicted octanol–water partition coefficient (Wildman–Crippen LogP) is 1.55. The fourth-order valence-electron chi connectivity index (χ4n) is 1.82. The number of imidazole rings is 1. The van der Waals surface area contributed by atoms with E-state index in [0.29, 0.717) is 0 Å². The largest absolute Gasteiger partial charge is 0.367 e. The molecule has 0 aliphatic heterocycles. The van der Waals surface area contributed by atoms with Crippen LogP contribution in [0.4, 0.5) is 5.82 Å². The Morgan fingerprint density at radius 1 is 1.35 bits per heavy atom. The molecule has 3 heterocycles. The van der Waals surface area contributed by atoms with Crippen molar-refractivity contribution in [2.45, 2.75) is 6.92 Å². The predicted molar refractivity (Wildman–Crippen MR) is 64.7 cm³/mol. The van der Waals surface area contributed by atoms with E-state index in [2.05, 4.69) is 25.5 Å². The molecule has 6 heteroatoms. The molecule has 0 aliphatic carbocycles. The molecule has 6 nitrogen and oxygen atoms in total. The third-order valence-corrected chi connectivity index (χ3v) is 2.57. The van der Waals surface area contributed by atoms with Gasteiger partial charge in [0.25, 0.3) is 0 Å². The minimum absolute atomic E-state index is 0.796. The summed E-state index contributed by atoms with van der Waals surface area (Å²) in [5.74, 6) is 0.796. The first-order valence-electron chi connectivity index (χ1n) is 5.45. The number of hydrogen-bond acceptors (Lipinski definition) is 4. The van der Waals surface area contributed by atoms with Gasteiger partial charge in [-0.3, -0.25) is 9.50 Å². The molecular weight excluding hydrogens is 216 g/mol. The molecule has 0 aromatic carbocycles. The van der Waals surface area contributed by atoms with Crippen LogP contribution >= 0.6 is 0 Å². The second-order valence-corrected chi connectivity index (χ2v) is 3.63. The van der Waals surface area contributed by atoms with Gasteiger partial charge in [-0.25, -0.2) is 9.97 Å². The van der Waals surface area contributed by atoms with Crippen LogP contribution in [0.2, 0.25) is 0 Å². The lowest BCUT2D eigenvalue weighted by atomic mass is 10.3. The highest BCUT2D eigenvalue weighted by atomic mass is 15.1. The zero-order chi connectivity index (χ0) is 11.7. The molecule has 0 saturated carbocycles. The Labute approximate surface area is 97.7 Å². The fraction of sp³-hybridized carbons (Fsp3) is 0.182. The molecule has 3 aromatic heterocycles. The Morgan fingerprint density at radius 3 is 3.06 bits per heavy atom. The molecule has 86 valence electrons. The first kappa shape index (κ1) is 9.83. The molecule has 0 saturated heterocycles. The third kappa shape index (κ3) is 1.54. The van der Waals surface area contributed by atoms with Gasteiger partial charge in [0, 0.05) is 30.7 Å². The lowest BCUT2D eigenvalue weighted by Crippen LogP contribution is -2.02. The monoisotopic (exact) mass is 228 g/mol. The molecule has 3 aromatic rings. The minimum atomic E-state index is 0.796. The Bertz CT molecular complexity index is 625. The minimum Gasteiger partial charge on any atom is -0.367 e. The Hall–Kier alpha value is -2.37. The summed E-state index contributed by atoms with van der Waals surface area (Å²) in [6, 6.07) is 0. The van der Waals surface area contributed by atoms with Crippen LogP contribution in [-0.2, 0) is 0 Å². The highest BCUT2D eigenvalue weighted by molar-refractivity contribution is 5.69. The second-order valence-electron chi connectivity index (χ2n) is 3.63. The van der Waals surface area contributed by atoms with E-state index in [1.807, 2.05) is 29.9 Å². The lowest BCUT2D eigenvalue weighted by Gasteiger charge is -2.04. The number of aromatic nitrogens is 5. The van der Waals surface area contributed by atoms with Gasteiger partial charge >= 0.3 is 0 Å². The number of H-pyrrole nitrogens is 1. The number of aromatic amines is 1. The number of nitrogens with one attached hydrogen (secondary N) is 2. The standard InChI is InChI=1S/C11H12N6/c1-2-12-10-11-14-7-9(8-5-15-16-6-8)17(11)4-3-13-10/h3-7H,2H2,1H3,(H,12,13)(H,15,16). The van der Waals surface area contributed by atoms with Crippen molar-refractivity contribution in [1.82, 2.24) is 24.6 Å². The van der Waals surface area contributed by atoms with E-state index in [9.17, 15) is 0 Å². The van der Waals surface area contributed by atoms with Gasteiger partial charge < -0.3 is 5.32 Å². The van der Waals surface area contributed by atoms with Gasteiger partial charge in [0.05, 0.1) is 18.1 Å². The van der Waals surface area contributed by atoms with Crippen LogP contribution in [0.3, 0.4) is 0 Å². The molecule has 0 fully saturated rings. The summed E-state index contributed by atoms with van der Waals surface area (Å²) in [4.78, 5) is 8.66. The summed E-state index contributed by atoms with van der Waals surface area (Å²) in [6.45, 7) is 2.85. The highest BCUT2D eigenvalue weighted by Gasteiger charge is 2.09. The van der Waals surface area contributed by atoms with Crippen molar-refractivity contribution in [3.63, 3.8) is 0 Å². The van der Waals surface area contributed by atoms with E-state index in [-0.39, 0.29) is 0 Å². The average Bonchev–Trinajstić information content (AvgIpc) is 2.97. The van der Waals surface area contributed by atoms with Crippen molar-refractivity contribution in [2.75, 3.05) is 11.9 Å². The van der Waals surface area contributed by atoms with Gasteiger partial charge in [0.15, 0.2) is 11.5 Å². The third-order valence-electron chi connectivity index (χ3n) is 2.57. The number of hydrogen-bond donors (Lipinski definition) is 2. The maximum atomic E-state index is 4.39. The quantitative estimate of drug-likeness (QED) is 0.713. The van der Waals surface area contributed by atoms with Crippen LogP contribution in [0.25, 0.3) is 16.9 Å². The van der Waals surface area contributed by atoms with Gasteiger partial charge in [-0.15, -0.1) is 0 Å². The average molecular weight is 228 g/mol. The van der Waals surface area contributed by atoms with E-state index in [0.717, 1.165) is 29.3 Å². The molecule has 2 N–H and O–H groups in total. The second kappa shape index (κ2) is 3.89. The van der Waals surface area contributed by atoms with Crippen molar-refractivity contribution in [2.24, 2.45) is 0 Å². The molecule has 0 radical (unpaired) electrons. The topological polar surface area (TPSA) is 70.9 Å². The first-order chi connectivity index (χ1) is 8.40. The summed E-state index contributed by atoms with van der Waals surface area (Å²) in [6.07, 6.45) is 9.10. The van der Waals surface area contributed by atoms with Gasteiger partial charge in [-0.05, 0) is 6.92 Å². The summed E-state index contributed by atoms with van der Waals surface area (Å²) in [5.41, 5.74) is 2.83. The first-order valence-corrected chi connectivity index (χ1v) is 5.45. The summed E-state index contributed by atoms with van der Waals surface area (Å²) in [7, 11) is 0. The summed E-state index contributed by atoms with van der Waals surface area (Å²) in [5, 5.41) is 9.94. The van der Waals surface area contributed by atoms with Gasteiger partial charge in [0.1, 0.15) is 0 Å². The summed E-state index contributed by atoms with van der Waals surface area (Å²) < 4.78 is 2.00. The summed E-state index contributed by atoms with van der Waals surface area (Å²) >= 11 is 0. The van der Waals surface area contributed by atoms with Crippen LogP contribution in [0, 0.1) is 0 Å². The normalized spacial score (nSPS) is 10.9. The number of rotatable bonds is 3. The van der Waals surface area contributed by atoms with Gasteiger partial charge in [-0.1, -0.05) is 0 Å². The molecule has 0 aliphatic rings. The molecule has 0 bridgehead atoms. The Morgan fingerprint density at radius 2 is 2.29 bits per heavy atom. The van der Waals surface area contributed by atoms with E-state index >= 15 is 0 Å². The van der Waals surface area contributed by atoms with Crippen molar-refractivity contribution in [3.05, 3.63) is 31.0 Å². The van der Waals surface area contributed by atoms with E-state index in [1.54, 1.807) is 12.4 Å². The van der Waals surface area contributed by atoms with E-state index < -0.39 is 0 Å². The van der Waals surface area contributed by atoms with Crippen molar-refractivity contribution >= 4 is 11.5 Å². The molecule has 0 unspecified atom stereocenters. The van der Waals surface area contributed by atoms with Crippen LogP contribution in [0.5, 0.6) is 0 Å². The van der Waals surface area contributed by atoms with Crippen molar-refractivity contribution in [3.8, 4) is 11.3 Å². The van der Waals surface area contributed by atoms with Gasteiger partial charge in [-0.2, -0.15) is 5.10 Å². The fourth-order valence-corrected chi connectivity index (χ4v) is 1.82. The van der Waals surface area contributed by atoms with E-state index in [1.165, 1.54) is 0 Å². The molecule has 17 heavy (non-hydrogen) atoms. The maximum absolute atomic E-state index is 4.39. The number of anilines is 1. The van der Waals surface area contributed by atoms with Crippen LogP contribution in [0.1, 0.15) is 6.92 Å². The highest BCUT2D eigenvalue weighted by Crippen LogP contribution is 2.21. The molecule has 3 rings (SSSR count). The molecule has 0 amide bonds. The zero-order valence-corrected chi connectivity index (χ0v) is 9.38. The number of fused-ring (bicyclic) bond motifs is 1. The van der Waals surface area contributed by atoms with Crippen molar-refractivity contribution in [1.29, 1.82) is 0 Å². The lowest BCUT2D eigenvalue weighted by molar-refractivity contribution is 1.09. The van der Waals surface area contributed by atoms with Crippen LogP contribution in [-0.4, -0.2) is 31.1 Å². The maximum Gasteiger partial charge on any atom is 0.180 e. The number of nitrogens with zero attached hydrogens (tertiary/aromatic N) is 4. The molecule has 0 atom stereocenters. The van der Waals surface area contributed by atoms with Crippen LogP contribution < -0.4 is 5.32 Å². The van der Waals surface area contributed by atoms with Crippen LogP contribution in [0.15, 0.2) is 31.0 Å². The zero-order valence-electron chi connectivity index (χ0n) is 9.38. The van der Waals surface area contributed by atoms with Crippen molar-refractivity contribution < 1.29 is 0 Å². The smallest absolute Gasteiger partial charge is 0.180 e. The van der Waals surface area contributed by atoms with E-state index in [4.69, 9.17) is 0 Å². The molecule has 0 spiro atoms. The Balaban J connectivity index is 2.20. The Kier molecular flexibility index (Phi) is 2.25. The van der Waals surface area contributed by atoms with Gasteiger partial charge in [0.2, 0.25) is 0 Å². The SMILES string of the molecule is CCNc1nccn2c(-c3cn[nH]c3)cnc12. The molecular formula is C11H12N6.